The molecule has 0 bridgehead atoms. The Morgan fingerprint density at radius 3 is 2.88 bits per heavy atom. The van der Waals surface area contributed by atoms with Crippen molar-refractivity contribution in [3.8, 4) is 0 Å². The van der Waals surface area contributed by atoms with Gasteiger partial charge in [-0.2, -0.15) is 0 Å². The molecule has 0 spiro atoms. The number of carbonyl (C=O) groups is 1. The monoisotopic (exact) mass is 223 g/mol. The Kier molecular flexibility index (Phi) is 6.30. The number of nitrogens with one attached hydrogen (secondary N) is 2. The fourth-order valence-corrected chi connectivity index (χ4v) is 1.57. The second-order valence-electron chi connectivity index (χ2n) is 4.02. The van der Waals surface area contributed by atoms with E-state index in [0.717, 1.165) is 18.7 Å². The van der Waals surface area contributed by atoms with Gasteiger partial charge in [-0.1, -0.05) is 32.6 Å². The van der Waals surface area contributed by atoms with Crippen LogP contribution in [0.2, 0.25) is 0 Å². The molecule has 1 rings (SSSR count). The van der Waals surface area contributed by atoms with E-state index in [1.54, 1.807) is 12.5 Å². The van der Waals surface area contributed by atoms with Gasteiger partial charge >= 0.3 is 0 Å². The lowest BCUT2D eigenvalue weighted by Crippen LogP contribution is -2.26. The maximum Gasteiger partial charge on any atom is 0.225 e. The molecule has 4 nitrogen and oxygen atoms in total. The van der Waals surface area contributed by atoms with Crippen molar-refractivity contribution in [2.75, 3.05) is 6.54 Å². The van der Waals surface area contributed by atoms with E-state index in [4.69, 9.17) is 0 Å². The highest BCUT2D eigenvalue weighted by molar-refractivity contribution is 5.77. The molecule has 0 aromatic carbocycles. The van der Waals surface area contributed by atoms with Gasteiger partial charge in [0.1, 0.15) is 0 Å². The first-order valence-electron chi connectivity index (χ1n) is 6.07. The number of rotatable bonds is 8. The van der Waals surface area contributed by atoms with E-state index in [0.29, 0.717) is 6.42 Å². The number of H-pyrrole nitrogens is 1. The average molecular weight is 223 g/mol. The summed E-state index contributed by atoms with van der Waals surface area (Å²) in [6.07, 6.45) is 9.78. The number of amides is 1. The van der Waals surface area contributed by atoms with Crippen LogP contribution >= 0.6 is 0 Å². The highest BCUT2D eigenvalue weighted by Crippen LogP contribution is 2.01. The summed E-state index contributed by atoms with van der Waals surface area (Å²) < 4.78 is 0. The molecule has 0 saturated carbocycles. The first-order valence-corrected chi connectivity index (χ1v) is 6.07. The van der Waals surface area contributed by atoms with Crippen molar-refractivity contribution in [1.82, 2.24) is 15.3 Å². The van der Waals surface area contributed by atoms with Crippen LogP contribution < -0.4 is 5.32 Å². The molecule has 0 unspecified atom stereocenters. The zero-order valence-electron chi connectivity index (χ0n) is 9.96. The molecule has 0 saturated heterocycles. The van der Waals surface area contributed by atoms with Crippen LogP contribution in [-0.4, -0.2) is 22.4 Å². The van der Waals surface area contributed by atoms with Gasteiger partial charge in [-0.3, -0.25) is 4.79 Å². The van der Waals surface area contributed by atoms with Crippen molar-refractivity contribution in [1.29, 1.82) is 0 Å². The van der Waals surface area contributed by atoms with Crippen LogP contribution in [0.15, 0.2) is 12.5 Å². The molecule has 1 aromatic rings. The van der Waals surface area contributed by atoms with Crippen molar-refractivity contribution < 1.29 is 4.79 Å². The number of unbranched alkanes of at least 4 members (excludes halogenated alkanes) is 4. The van der Waals surface area contributed by atoms with Gasteiger partial charge in [-0.15, -0.1) is 0 Å². The summed E-state index contributed by atoms with van der Waals surface area (Å²) in [7, 11) is 0. The summed E-state index contributed by atoms with van der Waals surface area (Å²) in [5.41, 5.74) is 0.864. The molecule has 0 aliphatic rings. The molecule has 0 aliphatic heterocycles. The van der Waals surface area contributed by atoms with Crippen LogP contribution in [0.4, 0.5) is 0 Å². The normalized spacial score (nSPS) is 10.3. The SMILES string of the molecule is CCCCCCCNC(=O)Cc1cnc[nH]1. The second-order valence-corrected chi connectivity index (χ2v) is 4.02. The summed E-state index contributed by atoms with van der Waals surface area (Å²) >= 11 is 0. The molecule has 0 fully saturated rings. The number of nitrogens with zero attached hydrogens (tertiary/aromatic N) is 1. The summed E-state index contributed by atoms with van der Waals surface area (Å²) in [5, 5.41) is 2.91. The lowest BCUT2D eigenvalue weighted by molar-refractivity contribution is -0.120. The van der Waals surface area contributed by atoms with Gasteiger partial charge in [-0.25, -0.2) is 4.98 Å². The molecule has 1 heterocycles. The van der Waals surface area contributed by atoms with Crippen LogP contribution in [0, 0.1) is 0 Å². The van der Waals surface area contributed by atoms with Crippen molar-refractivity contribution in [2.45, 2.75) is 45.4 Å². The van der Waals surface area contributed by atoms with Gasteiger partial charge in [0, 0.05) is 18.4 Å². The van der Waals surface area contributed by atoms with E-state index in [1.807, 2.05) is 0 Å². The highest BCUT2D eigenvalue weighted by atomic mass is 16.1. The predicted molar refractivity (Wildman–Crippen MR) is 64.1 cm³/mol. The Bertz CT molecular complexity index is 282. The predicted octanol–water partition coefficient (Wildman–Crippen LogP) is 2.04. The molecule has 90 valence electrons. The summed E-state index contributed by atoms with van der Waals surface area (Å²) in [4.78, 5) is 18.2. The summed E-state index contributed by atoms with van der Waals surface area (Å²) in [5.74, 6) is 0.0692. The minimum absolute atomic E-state index is 0.0692. The number of aromatic amines is 1. The number of aromatic nitrogens is 2. The third kappa shape index (κ3) is 5.53. The summed E-state index contributed by atoms with van der Waals surface area (Å²) in [6, 6.07) is 0. The van der Waals surface area contributed by atoms with E-state index in [1.165, 1.54) is 25.7 Å². The van der Waals surface area contributed by atoms with Gasteiger partial charge in [0.25, 0.3) is 0 Å². The standard InChI is InChI=1S/C12H21N3O/c1-2-3-4-5-6-7-14-12(16)8-11-9-13-10-15-11/h9-10H,2-8H2,1H3,(H,13,15)(H,14,16). The highest BCUT2D eigenvalue weighted by Gasteiger charge is 2.02. The van der Waals surface area contributed by atoms with Gasteiger partial charge in [-0.05, 0) is 6.42 Å². The third-order valence-electron chi connectivity index (χ3n) is 2.51. The lowest BCUT2D eigenvalue weighted by atomic mass is 10.1. The van der Waals surface area contributed by atoms with Gasteiger partial charge in [0.15, 0.2) is 0 Å². The zero-order chi connectivity index (χ0) is 11.6. The third-order valence-corrected chi connectivity index (χ3v) is 2.51. The Balaban J connectivity index is 1.98. The smallest absolute Gasteiger partial charge is 0.225 e. The van der Waals surface area contributed by atoms with E-state index < -0.39 is 0 Å². The second kappa shape index (κ2) is 7.91. The first kappa shape index (κ1) is 12.7. The van der Waals surface area contributed by atoms with Crippen LogP contribution in [0.5, 0.6) is 0 Å². The van der Waals surface area contributed by atoms with Crippen LogP contribution in [0.3, 0.4) is 0 Å². The fraction of sp³-hybridized carbons (Fsp3) is 0.667. The Hall–Kier alpha value is -1.32. The molecule has 0 atom stereocenters. The lowest BCUT2D eigenvalue weighted by Gasteiger charge is -2.03. The molecule has 4 heteroatoms. The van der Waals surface area contributed by atoms with E-state index in [9.17, 15) is 4.79 Å². The minimum Gasteiger partial charge on any atom is -0.356 e. The minimum atomic E-state index is 0.0692. The topological polar surface area (TPSA) is 57.8 Å². The quantitative estimate of drug-likeness (QED) is 0.663. The molecule has 0 aliphatic carbocycles. The Morgan fingerprint density at radius 1 is 1.38 bits per heavy atom. The van der Waals surface area contributed by atoms with Gasteiger partial charge in [0.2, 0.25) is 5.91 Å². The van der Waals surface area contributed by atoms with Gasteiger partial charge < -0.3 is 10.3 Å². The zero-order valence-corrected chi connectivity index (χ0v) is 9.96. The molecule has 0 radical (unpaired) electrons. The van der Waals surface area contributed by atoms with Crippen LogP contribution in [0.1, 0.15) is 44.7 Å². The molecule has 16 heavy (non-hydrogen) atoms. The van der Waals surface area contributed by atoms with Crippen molar-refractivity contribution >= 4 is 5.91 Å². The molecule has 1 aromatic heterocycles. The van der Waals surface area contributed by atoms with E-state index in [2.05, 4.69) is 22.2 Å². The number of hydrogen-bond acceptors (Lipinski definition) is 2. The number of hydrogen-bond donors (Lipinski definition) is 2. The maximum atomic E-state index is 11.4. The molecule has 1 amide bonds. The first-order chi connectivity index (χ1) is 7.83. The summed E-state index contributed by atoms with van der Waals surface area (Å²) in [6.45, 7) is 2.99. The Morgan fingerprint density at radius 2 is 2.19 bits per heavy atom. The maximum absolute atomic E-state index is 11.4. The number of carbonyl (C=O) groups excluding carboxylic acids is 1. The van der Waals surface area contributed by atoms with Crippen LogP contribution in [0.25, 0.3) is 0 Å². The van der Waals surface area contributed by atoms with Gasteiger partial charge in [0.05, 0.1) is 12.7 Å². The Labute approximate surface area is 96.9 Å². The van der Waals surface area contributed by atoms with Crippen LogP contribution in [-0.2, 0) is 11.2 Å². The largest absolute Gasteiger partial charge is 0.356 e. The average Bonchev–Trinajstić information content (AvgIpc) is 2.76. The van der Waals surface area contributed by atoms with Crippen molar-refractivity contribution in [3.63, 3.8) is 0 Å². The van der Waals surface area contributed by atoms with Crippen molar-refractivity contribution in [2.24, 2.45) is 0 Å². The number of imidazole rings is 1. The molecule has 2 N–H and O–H groups in total. The molecular weight excluding hydrogens is 202 g/mol. The molecular formula is C12H21N3O. The fourth-order valence-electron chi connectivity index (χ4n) is 1.57. The van der Waals surface area contributed by atoms with E-state index in [-0.39, 0.29) is 5.91 Å². The van der Waals surface area contributed by atoms with Crippen molar-refractivity contribution in [3.05, 3.63) is 18.2 Å². The van der Waals surface area contributed by atoms with E-state index >= 15 is 0 Å².